The Bertz CT molecular complexity index is 62.9. The van der Waals surface area contributed by atoms with Crippen LogP contribution in [0.5, 0.6) is 0 Å². The fraction of sp³-hybridized carbons (Fsp3) is 1.00. The van der Waals surface area contributed by atoms with Crippen LogP contribution in [0.3, 0.4) is 0 Å². The van der Waals surface area contributed by atoms with E-state index in [4.69, 9.17) is 1.41 Å². The highest BCUT2D eigenvalue weighted by molar-refractivity contribution is 4.36. The number of hydrogen-bond donors (Lipinski definition) is 2. The molecule has 0 radical (unpaired) electrons. The van der Waals surface area contributed by atoms with Crippen molar-refractivity contribution in [2.24, 2.45) is 0 Å². The number of nitrogens with two attached hydrogens (primary N) is 1. The Balaban J connectivity index is 2.88. The highest BCUT2D eigenvalue weighted by atomic mass is 16.5. The molecule has 50 valence electrons. The lowest BCUT2D eigenvalue weighted by molar-refractivity contribution is -0.650. The van der Waals surface area contributed by atoms with E-state index < -0.39 is 0 Å². The van der Waals surface area contributed by atoms with Crippen molar-refractivity contribution in [1.29, 1.82) is 0 Å². The second-order valence-electron chi connectivity index (χ2n) is 1.72. The van der Waals surface area contributed by atoms with Crippen LogP contribution >= 0.6 is 0 Å². The minimum atomic E-state index is 0.537. The van der Waals surface area contributed by atoms with Crippen LogP contribution in [0, 0.1) is 5.21 Å². The Morgan fingerprint density at radius 3 is 3.00 bits per heavy atom. The summed E-state index contributed by atoms with van der Waals surface area (Å²) in [5.74, 6) is 0. The maximum absolute atomic E-state index is 9.84. The van der Waals surface area contributed by atoms with Gasteiger partial charge in [-0.05, 0) is 6.42 Å². The molecule has 0 amide bonds. The van der Waals surface area contributed by atoms with Crippen molar-refractivity contribution in [1.82, 2.24) is 5.42 Å². The van der Waals surface area contributed by atoms with E-state index in [1.165, 1.54) is 0 Å². The van der Waals surface area contributed by atoms with E-state index in [1.807, 2.05) is 0 Å². The van der Waals surface area contributed by atoms with Crippen molar-refractivity contribution in [3.8, 4) is 0 Å². The fourth-order valence-electron chi connectivity index (χ4n) is 0.506. The van der Waals surface area contributed by atoms with E-state index in [-0.39, 0.29) is 0 Å². The van der Waals surface area contributed by atoms with Crippen LogP contribution in [0.4, 0.5) is 0 Å². The van der Waals surface area contributed by atoms with Gasteiger partial charge in [0.05, 0.1) is 0 Å². The average molecular weight is 120 g/mol. The third kappa shape index (κ3) is 5.88. The van der Waals surface area contributed by atoms with Crippen molar-refractivity contribution >= 4 is 0 Å². The maximum atomic E-state index is 9.84. The molecule has 0 unspecified atom stereocenters. The minimum absolute atomic E-state index is 0.537. The van der Waals surface area contributed by atoms with Gasteiger partial charge in [-0.1, -0.05) is 19.8 Å². The summed E-state index contributed by atoms with van der Waals surface area (Å²) < 4.78 is 6.86. The first-order valence-corrected chi connectivity index (χ1v) is 3.02. The molecular formula is C5H14N2O. The van der Waals surface area contributed by atoms with Gasteiger partial charge in [-0.3, -0.25) is 0 Å². The van der Waals surface area contributed by atoms with E-state index in [0.717, 1.165) is 24.7 Å². The monoisotopic (exact) mass is 120 g/mol. The first-order chi connectivity index (χ1) is 4.31. The Morgan fingerprint density at radius 1 is 1.75 bits per heavy atom. The molecule has 0 fully saturated rings. The zero-order valence-corrected chi connectivity index (χ0v) is 5.26. The molecule has 0 aliphatic heterocycles. The molecular weight excluding hydrogens is 104 g/mol. The molecule has 0 saturated carbocycles. The van der Waals surface area contributed by atoms with Gasteiger partial charge in [-0.15, -0.1) is 0 Å². The third-order valence-corrected chi connectivity index (χ3v) is 0.965. The Labute approximate surface area is 51.5 Å². The summed E-state index contributed by atoms with van der Waals surface area (Å²) in [6.45, 7) is 2.66. The standard InChI is InChI=1S/C5H14N2O/c1-2-3-4-5-6-7-8/h6H,2-5,7H2,1H3/i/hT. The first-order valence-electron chi connectivity index (χ1n) is 3.46. The lowest BCUT2D eigenvalue weighted by Gasteiger charge is -2.01. The second-order valence-corrected chi connectivity index (χ2v) is 1.72. The molecule has 0 atom stereocenters. The van der Waals surface area contributed by atoms with Gasteiger partial charge in [-0.2, -0.15) is 5.42 Å². The summed E-state index contributed by atoms with van der Waals surface area (Å²) in [7, 11) is 0. The van der Waals surface area contributed by atoms with Crippen LogP contribution in [0.25, 0.3) is 0 Å². The van der Waals surface area contributed by atoms with Crippen LogP contribution in [0.2, 0.25) is 1.41 Å². The van der Waals surface area contributed by atoms with E-state index in [9.17, 15) is 5.21 Å². The van der Waals surface area contributed by atoms with Crippen LogP contribution in [0.15, 0.2) is 0 Å². The van der Waals surface area contributed by atoms with E-state index in [1.54, 1.807) is 0 Å². The number of unbranched alkanes of at least 4 members (excludes halogenated alkanes) is 2. The molecule has 0 aliphatic rings. The summed E-state index contributed by atoms with van der Waals surface area (Å²) >= 11 is 0. The lowest BCUT2D eigenvalue weighted by Crippen LogP contribution is -2.87. The minimum Gasteiger partial charge on any atom is -0.615 e. The number of nitrogens with one attached hydrogen (secondary N) is 1. The van der Waals surface area contributed by atoms with Crippen molar-refractivity contribution in [3.05, 3.63) is 5.21 Å². The molecule has 0 aliphatic carbocycles. The van der Waals surface area contributed by atoms with Crippen molar-refractivity contribution in [3.63, 3.8) is 0 Å². The van der Waals surface area contributed by atoms with E-state index in [0.29, 0.717) is 12.1 Å². The van der Waals surface area contributed by atoms with Gasteiger partial charge in [0.2, 0.25) is 0 Å². The smallest absolute Gasteiger partial charge is 0.187 e. The maximum Gasteiger partial charge on any atom is 0.187 e. The van der Waals surface area contributed by atoms with Crippen LogP contribution in [0.1, 0.15) is 26.2 Å². The molecule has 3 nitrogen and oxygen atoms in total. The third-order valence-electron chi connectivity index (χ3n) is 0.965. The van der Waals surface area contributed by atoms with Crippen molar-refractivity contribution < 1.29 is 7.00 Å². The summed E-state index contributed by atoms with van der Waals surface area (Å²) in [5, 5.41) is 9.84. The number of rotatable bonds is 5. The molecule has 0 saturated heterocycles. The predicted octanol–water partition coefficient (Wildman–Crippen LogP) is -0.258. The summed E-state index contributed by atoms with van der Waals surface area (Å²) in [4.78, 5) is 0. The zero-order valence-electron chi connectivity index (χ0n) is 6.26. The molecule has 3 N–H and O–H groups in total. The van der Waals surface area contributed by atoms with Gasteiger partial charge in [0.15, 0.2) is 1.41 Å². The number of hydrogen-bond acceptors (Lipinski definition) is 2. The van der Waals surface area contributed by atoms with Gasteiger partial charge < -0.3 is 10.8 Å². The molecule has 0 heterocycles. The molecule has 3 heteroatoms. The molecule has 0 aromatic rings. The Kier molecular flexibility index (Phi) is 5.17. The Morgan fingerprint density at radius 2 is 2.50 bits per heavy atom. The SMILES string of the molecule is [3H]N(CCCCC)[NH2+][O-]. The van der Waals surface area contributed by atoms with Gasteiger partial charge in [0, 0.05) is 6.54 Å². The van der Waals surface area contributed by atoms with E-state index in [2.05, 4.69) is 6.92 Å². The second kappa shape index (κ2) is 6.88. The molecule has 0 spiro atoms. The van der Waals surface area contributed by atoms with Crippen molar-refractivity contribution in [2.45, 2.75) is 26.2 Å². The predicted molar refractivity (Wildman–Crippen MR) is 32.8 cm³/mol. The van der Waals surface area contributed by atoms with Crippen LogP contribution < -0.4 is 11.0 Å². The largest absolute Gasteiger partial charge is 0.615 e. The van der Waals surface area contributed by atoms with Crippen molar-refractivity contribution in [2.75, 3.05) is 6.54 Å². The summed E-state index contributed by atoms with van der Waals surface area (Å²) in [6, 6.07) is 0. The highest BCUT2D eigenvalue weighted by Gasteiger charge is 1.82. The summed E-state index contributed by atoms with van der Waals surface area (Å²) in [5.41, 5.74) is 1.46. The first kappa shape index (κ1) is 6.01. The summed E-state index contributed by atoms with van der Waals surface area (Å²) in [6.07, 6.45) is 3.18. The molecule has 0 rings (SSSR count). The molecule has 0 aromatic carbocycles. The topological polar surface area (TPSA) is 51.7 Å². The molecule has 8 heavy (non-hydrogen) atoms. The molecule has 0 bridgehead atoms. The average Bonchev–Trinajstić information content (AvgIpc) is 1.89. The highest BCUT2D eigenvalue weighted by Crippen LogP contribution is 1.89. The van der Waals surface area contributed by atoms with Gasteiger partial charge in [0.25, 0.3) is 0 Å². The fourth-order valence-corrected chi connectivity index (χ4v) is 0.506. The van der Waals surface area contributed by atoms with Gasteiger partial charge >= 0.3 is 0 Å². The van der Waals surface area contributed by atoms with Gasteiger partial charge in [-0.25, -0.2) is 0 Å². The molecule has 0 aromatic heterocycles. The van der Waals surface area contributed by atoms with Gasteiger partial charge in [0.1, 0.15) is 0 Å². The Hall–Kier alpha value is -0.120. The quantitative estimate of drug-likeness (QED) is 0.298. The lowest BCUT2D eigenvalue weighted by atomic mass is 10.3. The van der Waals surface area contributed by atoms with Crippen LogP contribution in [-0.4, -0.2) is 6.54 Å². The van der Waals surface area contributed by atoms with Crippen LogP contribution in [-0.2, 0) is 0 Å². The normalized spacial score (nSPS) is 12.1. The number of quaternary nitrogens is 1. The van der Waals surface area contributed by atoms with E-state index >= 15 is 0 Å². The zero-order chi connectivity index (χ0) is 7.11.